The van der Waals surface area contributed by atoms with E-state index in [1.165, 1.54) is 19.2 Å². The summed E-state index contributed by atoms with van der Waals surface area (Å²) >= 11 is 0. The smallest absolute Gasteiger partial charge is 0.254 e. The molecular formula is C22H24N6O. The van der Waals surface area contributed by atoms with Crippen molar-refractivity contribution in [3.63, 3.8) is 0 Å². The van der Waals surface area contributed by atoms with Crippen LogP contribution in [0.4, 0.5) is 5.82 Å². The summed E-state index contributed by atoms with van der Waals surface area (Å²) in [5.41, 5.74) is 3.04. The highest BCUT2D eigenvalue weighted by atomic mass is 16.2. The lowest BCUT2D eigenvalue weighted by Gasteiger charge is -2.24. The second-order valence-corrected chi connectivity index (χ2v) is 7.28. The lowest BCUT2D eigenvalue weighted by atomic mass is 10.1. The number of rotatable bonds is 5. The zero-order chi connectivity index (χ0) is 20.2. The van der Waals surface area contributed by atoms with E-state index in [9.17, 15) is 4.79 Å². The summed E-state index contributed by atoms with van der Waals surface area (Å²) in [7, 11) is 1.78. The summed E-state index contributed by atoms with van der Waals surface area (Å²) < 4.78 is 0. The van der Waals surface area contributed by atoms with E-state index >= 15 is 0 Å². The van der Waals surface area contributed by atoms with Crippen molar-refractivity contribution in [3.8, 4) is 11.3 Å². The first kappa shape index (κ1) is 19.0. The Labute approximate surface area is 170 Å². The first-order valence-corrected chi connectivity index (χ1v) is 9.85. The molecule has 0 aliphatic carbocycles. The summed E-state index contributed by atoms with van der Waals surface area (Å²) in [6, 6.07) is 13.2. The van der Waals surface area contributed by atoms with Crippen molar-refractivity contribution in [1.82, 2.24) is 25.1 Å². The molecule has 148 valence electrons. The number of anilines is 1. The minimum Gasteiger partial charge on any atom is -0.355 e. The quantitative estimate of drug-likeness (QED) is 0.667. The highest BCUT2D eigenvalue weighted by molar-refractivity contribution is 5.95. The summed E-state index contributed by atoms with van der Waals surface area (Å²) in [4.78, 5) is 25.1. The highest BCUT2D eigenvalue weighted by Gasteiger charge is 2.20. The maximum atomic E-state index is 13.0. The summed E-state index contributed by atoms with van der Waals surface area (Å²) in [5.74, 6) is 0.844. The van der Waals surface area contributed by atoms with Crippen molar-refractivity contribution in [2.45, 2.75) is 25.8 Å². The van der Waals surface area contributed by atoms with Crippen LogP contribution < -0.4 is 4.90 Å². The van der Waals surface area contributed by atoms with Crippen LogP contribution in [0, 0.1) is 0 Å². The number of hydrogen-bond acceptors (Lipinski definition) is 6. The molecule has 1 amide bonds. The molecule has 0 radical (unpaired) electrons. The van der Waals surface area contributed by atoms with Gasteiger partial charge in [-0.3, -0.25) is 4.79 Å². The third kappa shape index (κ3) is 4.08. The molecule has 7 heteroatoms. The molecule has 2 aromatic heterocycles. The second-order valence-electron chi connectivity index (χ2n) is 7.28. The van der Waals surface area contributed by atoms with Gasteiger partial charge in [-0.15, -0.1) is 10.2 Å². The number of benzene rings is 1. The van der Waals surface area contributed by atoms with Gasteiger partial charge in [0.2, 0.25) is 0 Å². The molecule has 0 unspecified atom stereocenters. The molecule has 0 spiro atoms. The van der Waals surface area contributed by atoms with Gasteiger partial charge in [-0.05, 0) is 50.1 Å². The first-order chi connectivity index (χ1) is 14.1. The van der Waals surface area contributed by atoms with Gasteiger partial charge in [-0.2, -0.15) is 0 Å². The van der Waals surface area contributed by atoms with Crippen molar-refractivity contribution in [2.24, 2.45) is 0 Å². The van der Waals surface area contributed by atoms with Crippen molar-refractivity contribution in [2.75, 3.05) is 25.0 Å². The molecule has 0 saturated carbocycles. The number of nitrogens with zero attached hydrogens (tertiary/aromatic N) is 6. The van der Waals surface area contributed by atoms with Crippen LogP contribution in [-0.2, 0) is 0 Å². The molecule has 4 rings (SSSR count). The molecule has 1 aliphatic heterocycles. The molecule has 3 aromatic rings. The Balaban J connectivity index is 1.52. The predicted molar refractivity (Wildman–Crippen MR) is 111 cm³/mol. The maximum absolute atomic E-state index is 13.0. The van der Waals surface area contributed by atoms with E-state index < -0.39 is 0 Å². The average Bonchev–Trinajstić information content (AvgIpc) is 3.33. The van der Waals surface area contributed by atoms with E-state index in [0.717, 1.165) is 35.9 Å². The van der Waals surface area contributed by atoms with E-state index in [1.807, 2.05) is 49.4 Å². The van der Waals surface area contributed by atoms with E-state index in [0.29, 0.717) is 5.56 Å². The Morgan fingerprint density at radius 1 is 1.10 bits per heavy atom. The molecule has 7 nitrogen and oxygen atoms in total. The molecule has 1 aromatic carbocycles. The number of amides is 1. The van der Waals surface area contributed by atoms with Gasteiger partial charge < -0.3 is 9.80 Å². The third-order valence-corrected chi connectivity index (χ3v) is 5.42. The fourth-order valence-electron chi connectivity index (χ4n) is 3.53. The molecule has 29 heavy (non-hydrogen) atoms. The molecule has 0 bridgehead atoms. The molecule has 0 N–H and O–H groups in total. The Morgan fingerprint density at radius 2 is 1.93 bits per heavy atom. The monoisotopic (exact) mass is 388 g/mol. The van der Waals surface area contributed by atoms with Gasteiger partial charge in [0.25, 0.3) is 5.91 Å². The predicted octanol–water partition coefficient (Wildman–Crippen LogP) is 3.37. The Bertz CT molecular complexity index is 970. The Hall–Kier alpha value is -3.35. The molecule has 3 heterocycles. The van der Waals surface area contributed by atoms with Crippen LogP contribution in [-0.4, -0.2) is 51.1 Å². The fourth-order valence-corrected chi connectivity index (χ4v) is 3.53. The van der Waals surface area contributed by atoms with Crippen LogP contribution >= 0.6 is 0 Å². The van der Waals surface area contributed by atoms with Crippen LogP contribution in [0.3, 0.4) is 0 Å². The summed E-state index contributed by atoms with van der Waals surface area (Å²) in [5, 5.41) is 8.77. The lowest BCUT2D eigenvalue weighted by Crippen LogP contribution is -2.30. The normalized spacial score (nSPS) is 14.6. The van der Waals surface area contributed by atoms with Gasteiger partial charge in [0.1, 0.15) is 6.33 Å². The first-order valence-electron chi connectivity index (χ1n) is 9.85. The minimum atomic E-state index is -0.159. The van der Waals surface area contributed by atoms with Crippen molar-refractivity contribution in [1.29, 1.82) is 0 Å². The lowest BCUT2D eigenvalue weighted by molar-refractivity contribution is 0.0739. The van der Waals surface area contributed by atoms with Gasteiger partial charge in [0.05, 0.1) is 17.4 Å². The molecule has 1 atom stereocenters. The highest BCUT2D eigenvalue weighted by Crippen LogP contribution is 2.24. The average molecular weight is 388 g/mol. The largest absolute Gasteiger partial charge is 0.355 e. The second kappa shape index (κ2) is 8.34. The van der Waals surface area contributed by atoms with E-state index in [2.05, 4.69) is 25.1 Å². The SMILES string of the molecule is C[C@H](c1ccncn1)N(C)C(=O)c1cccc(-c2ccc(N3CCCC3)nn2)c1. The van der Waals surface area contributed by atoms with Crippen LogP contribution in [0.15, 0.2) is 55.0 Å². The van der Waals surface area contributed by atoms with E-state index in [4.69, 9.17) is 0 Å². The van der Waals surface area contributed by atoms with Gasteiger partial charge in [-0.1, -0.05) is 12.1 Å². The number of carbonyl (C=O) groups is 1. The molecular weight excluding hydrogens is 364 g/mol. The van der Waals surface area contributed by atoms with Gasteiger partial charge >= 0.3 is 0 Å². The molecule has 1 aliphatic rings. The zero-order valence-electron chi connectivity index (χ0n) is 16.7. The zero-order valence-corrected chi connectivity index (χ0v) is 16.7. The van der Waals surface area contributed by atoms with E-state index in [1.54, 1.807) is 18.1 Å². The van der Waals surface area contributed by atoms with Crippen molar-refractivity contribution in [3.05, 3.63) is 66.2 Å². The third-order valence-electron chi connectivity index (χ3n) is 5.42. The van der Waals surface area contributed by atoms with Gasteiger partial charge in [0, 0.05) is 37.5 Å². The maximum Gasteiger partial charge on any atom is 0.254 e. The standard InChI is InChI=1S/C22H24N6O/c1-16(19-10-11-23-15-24-19)27(2)22(29)18-7-5-6-17(14-18)20-8-9-21(26-25-20)28-12-3-4-13-28/h5-11,14-16H,3-4,12-13H2,1-2H3/t16-/m1/s1. The Morgan fingerprint density at radius 3 is 2.62 bits per heavy atom. The van der Waals surface area contributed by atoms with E-state index in [-0.39, 0.29) is 11.9 Å². The summed E-state index contributed by atoms with van der Waals surface area (Å²) in [6.07, 6.45) is 5.58. The van der Waals surface area contributed by atoms with Gasteiger partial charge in [-0.25, -0.2) is 9.97 Å². The fraction of sp³-hybridized carbons (Fsp3) is 0.318. The molecule has 1 fully saturated rings. The minimum absolute atomic E-state index is 0.0698. The molecule has 1 saturated heterocycles. The number of hydrogen-bond donors (Lipinski definition) is 0. The van der Waals surface area contributed by atoms with Crippen molar-refractivity contribution < 1.29 is 4.79 Å². The summed E-state index contributed by atoms with van der Waals surface area (Å²) in [6.45, 7) is 4.02. The van der Waals surface area contributed by atoms with Crippen molar-refractivity contribution >= 4 is 11.7 Å². The number of aromatic nitrogens is 4. The van der Waals surface area contributed by atoms with Gasteiger partial charge in [0.15, 0.2) is 5.82 Å². The van der Waals surface area contributed by atoms with Crippen LogP contribution in [0.1, 0.15) is 41.9 Å². The Kier molecular flexibility index (Phi) is 5.46. The number of carbonyl (C=O) groups excluding carboxylic acids is 1. The van der Waals surface area contributed by atoms with Crippen LogP contribution in [0.2, 0.25) is 0 Å². The topological polar surface area (TPSA) is 75.1 Å². The van der Waals surface area contributed by atoms with Crippen LogP contribution in [0.5, 0.6) is 0 Å². The van der Waals surface area contributed by atoms with Crippen LogP contribution in [0.25, 0.3) is 11.3 Å².